The molecule has 0 radical (unpaired) electrons. The van der Waals surface area contributed by atoms with Crippen LogP contribution in [0.4, 0.5) is 0 Å². The maximum absolute atomic E-state index is 11.6. The van der Waals surface area contributed by atoms with Crippen molar-refractivity contribution in [1.29, 1.82) is 0 Å². The first-order valence-electron chi connectivity index (χ1n) is 5.69. The number of rotatable bonds is 4. The average Bonchev–Trinajstić information content (AvgIpc) is 2.28. The molecule has 0 bridgehead atoms. The number of aliphatic hydroxyl groups is 1. The van der Waals surface area contributed by atoms with Crippen LogP contribution >= 0.6 is 0 Å². The molecule has 1 saturated heterocycles. The Hall–Kier alpha value is -1.10. The topological polar surface area (TPSA) is 60.9 Å². The zero-order chi connectivity index (χ0) is 12.3. The minimum absolute atomic E-state index is 0.141. The van der Waals surface area contributed by atoms with Gasteiger partial charge in [-0.05, 0) is 5.92 Å². The minimum atomic E-state index is -0.551. The number of piperazine rings is 1. The summed E-state index contributed by atoms with van der Waals surface area (Å²) in [5, 5.41) is 9.82. The number of β-amino-alcohol motifs (C(OH)–C–C–N with tert-alkyl or cyclic N) is 1. The number of nitrogens with zero attached hydrogens (tertiary/aromatic N) is 2. The summed E-state index contributed by atoms with van der Waals surface area (Å²) in [6.45, 7) is 5.23. The Kier molecular flexibility index (Phi) is 4.29. The Morgan fingerprint density at radius 3 is 2.50 bits per heavy atom. The van der Waals surface area contributed by atoms with Crippen LogP contribution in [0, 0.1) is 5.92 Å². The molecular formula is C11H20N2O3. The molecule has 0 saturated carbocycles. The van der Waals surface area contributed by atoms with E-state index in [9.17, 15) is 14.7 Å². The SMILES string of the molecule is CCC(C)C(O)CN1CCN(C)C(=O)C1=O. The van der Waals surface area contributed by atoms with E-state index < -0.39 is 17.9 Å². The summed E-state index contributed by atoms with van der Waals surface area (Å²) >= 11 is 0. The molecule has 1 fully saturated rings. The van der Waals surface area contributed by atoms with Gasteiger partial charge in [0.25, 0.3) is 0 Å². The van der Waals surface area contributed by atoms with Gasteiger partial charge in [0.2, 0.25) is 0 Å². The van der Waals surface area contributed by atoms with E-state index in [-0.39, 0.29) is 12.5 Å². The molecule has 1 heterocycles. The zero-order valence-electron chi connectivity index (χ0n) is 10.1. The Morgan fingerprint density at radius 2 is 1.94 bits per heavy atom. The van der Waals surface area contributed by atoms with Crippen molar-refractivity contribution < 1.29 is 14.7 Å². The van der Waals surface area contributed by atoms with Crippen LogP contribution in [0.2, 0.25) is 0 Å². The van der Waals surface area contributed by atoms with Crippen molar-refractivity contribution in [2.24, 2.45) is 5.92 Å². The lowest BCUT2D eigenvalue weighted by Gasteiger charge is -2.33. The first-order chi connectivity index (χ1) is 7.47. The number of amides is 2. The smallest absolute Gasteiger partial charge is 0.312 e. The van der Waals surface area contributed by atoms with Gasteiger partial charge < -0.3 is 14.9 Å². The molecule has 5 nitrogen and oxygen atoms in total. The Bertz CT molecular complexity index is 280. The lowest BCUT2D eigenvalue weighted by molar-refractivity contribution is -0.156. The molecule has 1 rings (SSSR count). The molecule has 0 aromatic rings. The van der Waals surface area contributed by atoms with Crippen molar-refractivity contribution in [3.05, 3.63) is 0 Å². The number of hydrogen-bond acceptors (Lipinski definition) is 3. The molecule has 2 unspecified atom stereocenters. The monoisotopic (exact) mass is 228 g/mol. The molecule has 0 spiro atoms. The molecule has 2 atom stereocenters. The van der Waals surface area contributed by atoms with Crippen molar-refractivity contribution >= 4 is 11.8 Å². The van der Waals surface area contributed by atoms with Crippen LogP contribution in [0.25, 0.3) is 0 Å². The Balaban J connectivity index is 2.55. The van der Waals surface area contributed by atoms with Crippen molar-refractivity contribution in [2.45, 2.75) is 26.4 Å². The summed E-state index contributed by atoms with van der Waals surface area (Å²) in [6.07, 6.45) is 0.307. The van der Waals surface area contributed by atoms with Crippen molar-refractivity contribution in [1.82, 2.24) is 9.80 Å². The van der Waals surface area contributed by atoms with E-state index in [0.29, 0.717) is 13.1 Å². The number of carbonyl (C=O) groups is 2. The third-order valence-corrected chi connectivity index (χ3v) is 3.23. The molecule has 92 valence electrons. The van der Waals surface area contributed by atoms with E-state index in [2.05, 4.69) is 0 Å². The van der Waals surface area contributed by atoms with Crippen LogP contribution in [0.1, 0.15) is 20.3 Å². The molecule has 0 aliphatic carbocycles. The number of aliphatic hydroxyl groups excluding tert-OH is 1. The van der Waals surface area contributed by atoms with Crippen molar-refractivity contribution in [2.75, 3.05) is 26.7 Å². The van der Waals surface area contributed by atoms with Gasteiger partial charge in [-0.3, -0.25) is 9.59 Å². The van der Waals surface area contributed by atoms with Gasteiger partial charge in [-0.15, -0.1) is 0 Å². The molecule has 0 aromatic carbocycles. The minimum Gasteiger partial charge on any atom is -0.391 e. The fraction of sp³-hybridized carbons (Fsp3) is 0.818. The van der Waals surface area contributed by atoms with Crippen LogP contribution in [0.3, 0.4) is 0 Å². The maximum Gasteiger partial charge on any atom is 0.312 e. The second-order valence-electron chi connectivity index (χ2n) is 4.43. The fourth-order valence-electron chi connectivity index (χ4n) is 1.62. The van der Waals surface area contributed by atoms with E-state index in [1.807, 2.05) is 13.8 Å². The van der Waals surface area contributed by atoms with Gasteiger partial charge in [-0.2, -0.15) is 0 Å². The molecule has 1 aliphatic heterocycles. The predicted octanol–water partition coefficient (Wildman–Crippen LogP) is -0.306. The Labute approximate surface area is 96.0 Å². The quantitative estimate of drug-likeness (QED) is 0.672. The second-order valence-corrected chi connectivity index (χ2v) is 4.43. The highest BCUT2D eigenvalue weighted by Crippen LogP contribution is 2.11. The highest BCUT2D eigenvalue weighted by molar-refractivity contribution is 6.35. The Morgan fingerprint density at radius 1 is 1.31 bits per heavy atom. The summed E-state index contributed by atoms with van der Waals surface area (Å²) < 4.78 is 0. The first kappa shape index (κ1) is 13.0. The standard InChI is InChI=1S/C11H20N2O3/c1-4-8(2)9(14)7-13-6-5-12(3)10(15)11(13)16/h8-9,14H,4-7H2,1-3H3. The summed E-state index contributed by atoms with van der Waals surface area (Å²) in [5.74, 6) is -0.846. The summed E-state index contributed by atoms with van der Waals surface area (Å²) in [6, 6.07) is 0. The molecule has 0 aromatic heterocycles. The van der Waals surface area contributed by atoms with E-state index in [1.54, 1.807) is 7.05 Å². The van der Waals surface area contributed by atoms with Gasteiger partial charge >= 0.3 is 11.8 Å². The molecule has 1 N–H and O–H groups in total. The lowest BCUT2D eigenvalue weighted by Crippen LogP contribution is -2.54. The highest BCUT2D eigenvalue weighted by Gasteiger charge is 2.31. The van der Waals surface area contributed by atoms with Gasteiger partial charge in [0.1, 0.15) is 0 Å². The number of hydrogen-bond donors (Lipinski definition) is 1. The first-order valence-corrected chi connectivity index (χ1v) is 5.69. The molecule has 2 amide bonds. The molecular weight excluding hydrogens is 208 g/mol. The van der Waals surface area contributed by atoms with Gasteiger partial charge in [0.15, 0.2) is 0 Å². The van der Waals surface area contributed by atoms with Crippen molar-refractivity contribution in [3.63, 3.8) is 0 Å². The highest BCUT2D eigenvalue weighted by atomic mass is 16.3. The summed E-state index contributed by atoms with van der Waals surface area (Å²) in [4.78, 5) is 25.9. The third-order valence-electron chi connectivity index (χ3n) is 3.23. The van der Waals surface area contributed by atoms with E-state index in [1.165, 1.54) is 9.80 Å². The van der Waals surface area contributed by atoms with E-state index >= 15 is 0 Å². The van der Waals surface area contributed by atoms with E-state index in [0.717, 1.165) is 6.42 Å². The normalized spacial score (nSPS) is 21.2. The summed E-state index contributed by atoms with van der Waals surface area (Å²) in [5.41, 5.74) is 0. The van der Waals surface area contributed by atoms with Gasteiger partial charge in [0.05, 0.1) is 6.10 Å². The predicted molar refractivity (Wildman–Crippen MR) is 59.7 cm³/mol. The van der Waals surface area contributed by atoms with Crippen molar-refractivity contribution in [3.8, 4) is 0 Å². The third kappa shape index (κ3) is 2.72. The number of carbonyl (C=O) groups excluding carboxylic acids is 2. The molecule has 5 heteroatoms. The van der Waals surface area contributed by atoms with Gasteiger partial charge in [0, 0.05) is 26.7 Å². The van der Waals surface area contributed by atoms with Crippen LogP contribution in [-0.4, -0.2) is 59.5 Å². The number of likely N-dealkylation sites (N-methyl/N-ethyl adjacent to an activating group) is 1. The molecule has 1 aliphatic rings. The van der Waals surface area contributed by atoms with Crippen LogP contribution in [0.5, 0.6) is 0 Å². The lowest BCUT2D eigenvalue weighted by atomic mass is 10.0. The van der Waals surface area contributed by atoms with Crippen LogP contribution in [0.15, 0.2) is 0 Å². The van der Waals surface area contributed by atoms with Crippen LogP contribution in [-0.2, 0) is 9.59 Å². The van der Waals surface area contributed by atoms with E-state index in [4.69, 9.17) is 0 Å². The zero-order valence-corrected chi connectivity index (χ0v) is 10.1. The fourth-order valence-corrected chi connectivity index (χ4v) is 1.62. The maximum atomic E-state index is 11.6. The van der Waals surface area contributed by atoms with Crippen LogP contribution < -0.4 is 0 Å². The largest absolute Gasteiger partial charge is 0.391 e. The van der Waals surface area contributed by atoms with Gasteiger partial charge in [-0.1, -0.05) is 20.3 Å². The summed E-state index contributed by atoms with van der Waals surface area (Å²) in [7, 11) is 1.61. The average molecular weight is 228 g/mol. The second kappa shape index (κ2) is 5.30. The van der Waals surface area contributed by atoms with Gasteiger partial charge in [-0.25, -0.2) is 0 Å². The molecule has 16 heavy (non-hydrogen) atoms.